The zero-order valence-electron chi connectivity index (χ0n) is 8.98. The van der Waals surface area contributed by atoms with E-state index in [1.807, 2.05) is 60.7 Å². The molecule has 0 amide bonds. The van der Waals surface area contributed by atoms with Crippen LogP contribution in [0.4, 0.5) is 11.4 Å². The summed E-state index contributed by atoms with van der Waals surface area (Å²) < 4.78 is 0.456. The van der Waals surface area contributed by atoms with Crippen molar-refractivity contribution in [2.45, 2.75) is 0 Å². The second-order valence-electron chi connectivity index (χ2n) is 3.56. The highest BCUT2D eigenvalue weighted by Gasteiger charge is 2.24. The second kappa shape index (κ2) is 5.23. The molecular weight excluding hydrogens is 266 g/mol. The van der Waals surface area contributed by atoms with Gasteiger partial charge in [0.2, 0.25) is 4.32 Å². The van der Waals surface area contributed by atoms with Gasteiger partial charge in [-0.3, -0.25) is 0 Å². The molecular formula is C13H11NS3. The van der Waals surface area contributed by atoms with Gasteiger partial charge in [0.05, 0.1) is 0 Å². The molecule has 0 saturated carbocycles. The monoisotopic (exact) mass is 277 g/mol. The lowest BCUT2D eigenvalue weighted by atomic mass is 10.2. The van der Waals surface area contributed by atoms with E-state index in [4.69, 9.17) is 25.0 Å². The number of thiol groups is 1. The molecule has 0 radical (unpaired) electrons. The summed E-state index contributed by atoms with van der Waals surface area (Å²) in [5.41, 5.74) is 1.85. The molecule has 0 aliphatic carbocycles. The van der Waals surface area contributed by atoms with Crippen molar-refractivity contribution in [3.8, 4) is 0 Å². The molecule has 0 fully saturated rings. The third kappa shape index (κ3) is 2.40. The van der Waals surface area contributed by atoms with E-state index in [1.165, 1.54) is 0 Å². The Morgan fingerprint density at radius 2 is 1.24 bits per heavy atom. The molecule has 17 heavy (non-hydrogen) atoms. The first-order valence-electron chi connectivity index (χ1n) is 5.10. The summed E-state index contributed by atoms with van der Waals surface area (Å²) in [5.74, 6) is 0. The van der Waals surface area contributed by atoms with E-state index < -0.39 is 0 Å². The minimum absolute atomic E-state index is 0.0140. The number of hydrogen-bond acceptors (Lipinski definition) is 2. The Kier molecular flexibility index (Phi) is 3.89. The maximum absolute atomic E-state index is 5.68. The molecule has 4 heteroatoms. The topological polar surface area (TPSA) is 0 Å². The van der Waals surface area contributed by atoms with Crippen molar-refractivity contribution >= 4 is 53.4 Å². The Balaban J connectivity index is 2.59. The molecule has 0 saturated heterocycles. The van der Waals surface area contributed by atoms with Gasteiger partial charge in [0, 0.05) is 0 Å². The van der Waals surface area contributed by atoms with E-state index in [0.717, 1.165) is 11.4 Å². The predicted octanol–water partition coefficient (Wildman–Crippen LogP) is 4.00. The Morgan fingerprint density at radius 3 is 1.53 bits per heavy atom. The molecule has 1 nitrogen and oxygen atoms in total. The van der Waals surface area contributed by atoms with Crippen LogP contribution in [-0.4, -0.2) is 4.32 Å². The van der Waals surface area contributed by atoms with Crippen LogP contribution in [0.25, 0.3) is 0 Å². The SMILES string of the molecule is S=C(S)[N+]([S-])(c1ccccc1)c1ccccc1. The normalized spacial score (nSPS) is 11.2. The van der Waals surface area contributed by atoms with Crippen LogP contribution in [0.2, 0.25) is 0 Å². The summed E-state index contributed by atoms with van der Waals surface area (Å²) >= 11 is 15.2. The standard InChI is InChI=1S/C13H11NS3/c15-13(16)14(17,11-7-3-1-4-8-11)12-9-5-2-6-10-12/h1-10H,(H,15,16). The van der Waals surface area contributed by atoms with E-state index in [-0.39, 0.29) is 3.89 Å². The highest BCUT2D eigenvalue weighted by Crippen LogP contribution is 2.34. The van der Waals surface area contributed by atoms with Gasteiger partial charge >= 0.3 is 0 Å². The molecule has 0 bridgehead atoms. The predicted molar refractivity (Wildman–Crippen MR) is 83.3 cm³/mol. The lowest BCUT2D eigenvalue weighted by Crippen LogP contribution is -2.40. The van der Waals surface area contributed by atoms with Crippen LogP contribution in [0.3, 0.4) is 0 Å². The third-order valence-corrected chi connectivity index (χ3v) is 3.94. The lowest BCUT2D eigenvalue weighted by molar-refractivity contribution is 0.922. The third-order valence-electron chi connectivity index (χ3n) is 2.51. The zero-order chi connectivity index (χ0) is 12.3. The van der Waals surface area contributed by atoms with E-state index in [0.29, 0.717) is 4.32 Å². The van der Waals surface area contributed by atoms with Crippen LogP contribution in [-0.2, 0) is 12.8 Å². The molecule has 2 aromatic carbocycles. The highest BCUT2D eigenvalue weighted by atomic mass is 32.1. The molecule has 2 rings (SSSR count). The Hall–Kier alpha value is -0.810. The lowest BCUT2D eigenvalue weighted by Gasteiger charge is -2.41. The van der Waals surface area contributed by atoms with Gasteiger partial charge in [0.15, 0.2) is 0 Å². The van der Waals surface area contributed by atoms with E-state index in [1.54, 1.807) is 0 Å². The van der Waals surface area contributed by atoms with Gasteiger partial charge in [0.1, 0.15) is 11.4 Å². The molecule has 0 spiro atoms. The first-order chi connectivity index (χ1) is 8.15. The Morgan fingerprint density at radius 1 is 0.882 bits per heavy atom. The van der Waals surface area contributed by atoms with Gasteiger partial charge < -0.3 is 16.7 Å². The van der Waals surface area contributed by atoms with Crippen molar-refractivity contribution in [2.24, 2.45) is 0 Å². The average molecular weight is 277 g/mol. The zero-order valence-corrected chi connectivity index (χ0v) is 11.5. The van der Waals surface area contributed by atoms with E-state index >= 15 is 0 Å². The van der Waals surface area contributed by atoms with Gasteiger partial charge in [-0.15, -0.1) is 0 Å². The number of benzene rings is 2. The van der Waals surface area contributed by atoms with Crippen molar-refractivity contribution in [3.05, 3.63) is 60.7 Å². The molecule has 2 aromatic rings. The van der Waals surface area contributed by atoms with Crippen LogP contribution in [0.5, 0.6) is 0 Å². The van der Waals surface area contributed by atoms with E-state index in [9.17, 15) is 0 Å². The fourth-order valence-electron chi connectivity index (χ4n) is 1.65. The fraction of sp³-hybridized carbons (Fsp3) is 0. The summed E-state index contributed by atoms with van der Waals surface area (Å²) in [4.78, 5) is 0. The quantitative estimate of drug-likeness (QED) is 0.381. The highest BCUT2D eigenvalue weighted by molar-refractivity contribution is 8.12. The summed E-state index contributed by atoms with van der Waals surface area (Å²) in [5, 5.41) is 0. The van der Waals surface area contributed by atoms with Crippen LogP contribution >= 0.6 is 24.8 Å². The average Bonchev–Trinajstić information content (AvgIpc) is 2.39. The molecule has 0 heterocycles. The Bertz CT molecular complexity index is 471. The fourth-order valence-corrected chi connectivity index (χ4v) is 2.33. The molecule has 0 N–H and O–H groups in total. The molecule has 86 valence electrons. The van der Waals surface area contributed by atoms with Crippen LogP contribution in [0.1, 0.15) is 0 Å². The van der Waals surface area contributed by atoms with Gasteiger partial charge in [-0.2, -0.15) is 0 Å². The summed E-state index contributed by atoms with van der Waals surface area (Å²) in [7, 11) is 0. The van der Waals surface area contributed by atoms with Gasteiger partial charge in [0.25, 0.3) is 0 Å². The second-order valence-corrected chi connectivity index (χ2v) is 5.22. The summed E-state index contributed by atoms with van der Waals surface area (Å²) in [6.45, 7) is 0. The summed E-state index contributed by atoms with van der Waals surface area (Å²) in [6, 6.07) is 19.5. The number of para-hydroxylation sites is 2. The molecule has 0 atom stereocenters. The minimum Gasteiger partial charge on any atom is -0.474 e. The number of nitrogens with zero attached hydrogens (tertiary/aromatic N) is 1. The molecule has 0 unspecified atom stereocenters. The number of rotatable bonds is 2. The molecule has 0 aromatic heterocycles. The largest absolute Gasteiger partial charge is 0.474 e. The van der Waals surface area contributed by atoms with Crippen molar-refractivity contribution in [1.82, 2.24) is 3.89 Å². The number of hydrogen-bond donors (Lipinski definition) is 1. The minimum atomic E-state index is 0.0140. The molecule has 0 aliphatic heterocycles. The Labute approximate surface area is 118 Å². The van der Waals surface area contributed by atoms with Gasteiger partial charge in [-0.05, 0) is 36.5 Å². The van der Waals surface area contributed by atoms with Crippen molar-refractivity contribution in [2.75, 3.05) is 0 Å². The number of quaternary nitrogens is 1. The summed E-state index contributed by atoms with van der Waals surface area (Å²) in [6.07, 6.45) is 0. The van der Waals surface area contributed by atoms with Gasteiger partial charge in [-0.1, -0.05) is 49.0 Å². The maximum Gasteiger partial charge on any atom is 0.222 e. The van der Waals surface area contributed by atoms with Crippen molar-refractivity contribution in [1.29, 1.82) is 0 Å². The first kappa shape index (κ1) is 12.6. The smallest absolute Gasteiger partial charge is 0.222 e. The van der Waals surface area contributed by atoms with Gasteiger partial charge in [-0.25, -0.2) is 0 Å². The first-order valence-corrected chi connectivity index (χ1v) is 6.32. The van der Waals surface area contributed by atoms with E-state index in [2.05, 4.69) is 12.6 Å². The van der Waals surface area contributed by atoms with Crippen molar-refractivity contribution < 1.29 is 0 Å². The van der Waals surface area contributed by atoms with Crippen LogP contribution in [0.15, 0.2) is 60.7 Å². The number of thiocarbonyl (C=S) groups is 1. The van der Waals surface area contributed by atoms with Crippen LogP contribution in [0, 0.1) is 0 Å². The molecule has 0 aliphatic rings. The van der Waals surface area contributed by atoms with Crippen molar-refractivity contribution in [3.63, 3.8) is 0 Å². The maximum atomic E-state index is 5.68. The van der Waals surface area contributed by atoms with Crippen LogP contribution < -0.4 is 3.89 Å².